The summed E-state index contributed by atoms with van der Waals surface area (Å²) in [5.74, 6) is 0.996. The number of aromatic nitrogens is 2. The number of hydrogen-bond acceptors (Lipinski definition) is 3. The van der Waals surface area contributed by atoms with Gasteiger partial charge in [-0.2, -0.15) is 0 Å². The highest BCUT2D eigenvalue weighted by atomic mass is 15.2. The lowest BCUT2D eigenvalue weighted by Gasteiger charge is -2.11. The Morgan fingerprint density at radius 1 is 1.67 bits per heavy atom. The van der Waals surface area contributed by atoms with Gasteiger partial charge in [0.2, 0.25) is 5.95 Å². The summed E-state index contributed by atoms with van der Waals surface area (Å²) in [6.45, 7) is 5.30. The van der Waals surface area contributed by atoms with Crippen molar-refractivity contribution in [1.82, 2.24) is 14.9 Å². The van der Waals surface area contributed by atoms with Gasteiger partial charge in [0.05, 0.1) is 0 Å². The van der Waals surface area contributed by atoms with Gasteiger partial charge in [-0.15, -0.1) is 0 Å². The Labute approximate surface area is 91.1 Å². The zero-order valence-corrected chi connectivity index (χ0v) is 9.37. The Morgan fingerprint density at radius 3 is 3.33 bits per heavy atom. The molecule has 1 aromatic heterocycles. The van der Waals surface area contributed by atoms with Gasteiger partial charge >= 0.3 is 0 Å². The summed E-state index contributed by atoms with van der Waals surface area (Å²) in [6, 6.07) is 0.711. The van der Waals surface area contributed by atoms with Crippen LogP contribution in [0.2, 0.25) is 0 Å². The van der Waals surface area contributed by atoms with E-state index in [1.54, 1.807) is 0 Å². The van der Waals surface area contributed by atoms with Crippen LogP contribution in [-0.4, -0.2) is 28.7 Å². The minimum atomic E-state index is 0.711. The first kappa shape index (κ1) is 10.5. The molecule has 0 spiro atoms. The smallest absolute Gasteiger partial charge is 0.202 e. The maximum absolute atomic E-state index is 4.28. The number of anilines is 1. The molecule has 2 N–H and O–H groups in total. The van der Waals surface area contributed by atoms with Crippen LogP contribution in [0.4, 0.5) is 5.95 Å². The van der Waals surface area contributed by atoms with Crippen molar-refractivity contribution in [1.29, 1.82) is 0 Å². The van der Waals surface area contributed by atoms with Crippen molar-refractivity contribution >= 4 is 5.95 Å². The molecule has 0 radical (unpaired) electrons. The van der Waals surface area contributed by atoms with Gasteiger partial charge in [0.1, 0.15) is 0 Å². The molecule has 4 heteroatoms. The summed E-state index contributed by atoms with van der Waals surface area (Å²) in [7, 11) is 0. The quantitative estimate of drug-likeness (QED) is 0.769. The highest BCUT2D eigenvalue weighted by Gasteiger charge is 2.13. The van der Waals surface area contributed by atoms with Gasteiger partial charge in [0.15, 0.2) is 0 Å². The van der Waals surface area contributed by atoms with Crippen molar-refractivity contribution in [2.45, 2.75) is 38.8 Å². The number of nitrogens with zero attached hydrogens (tertiary/aromatic N) is 2. The molecule has 0 bridgehead atoms. The Hall–Kier alpha value is -1.03. The summed E-state index contributed by atoms with van der Waals surface area (Å²) < 4.78 is 2.13. The second-order valence-corrected chi connectivity index (χ2v) is 4.05. The van der Waals surface area contributed by atoms with E-state index >= 15 is 0 Å². The van der Waals surface area contributed by atoms with Crippen LogP contribution < -0.4 is 10.6 Å². The highest BCUT2D eigenvalue weighted by Crippen LogP contribution is 2.09. The van der Waals surface area contributed by atoms with Crippen LogP contribution in [0.15, 0.2) is 12.4 Å². The Kier molecular flexibility index (Phi) is 3.61. The fraction of sp³-hybridized carbons (Fsp3) is 0.727. The molecule has 0 aromatic carbocycles. The standard InChI is InChI=1S/C11H20N4/c1-2-15-9-8-14-11(15)13-7-5-10-4-3-6-12-10/h8-10,12H,2-7H2,1H3,(H,13,14)/t10-/m1/s1. The maximum Gasteiger partial charge on any atom is 0.202 e. The lowest BCUT2D eigenvalue weighted by molar-refractivity contribution is 0.572. The number of hydrogen-bond donors (Lipinski definition) is 2. The molecule has 0 unspecified atom stereocenters. The maximum atomic E-state index is 4.28. The molecule has 1 atom stereocenters. The lowest BCUT2D eigenvalue weighted by atomic mass is 10.1. The number of rotatable bonds is 5. The molecular formula is C11H20N4. The van der Waals surface area contributed by atoms with Gasteiger partial charge in [-0.05, 0) is 32.7 Å². The topological polar surface area (TPSA) is 41.9 Å². The van der Waals surface area contributed by atoms with E-state index in [1.165, 1.54) is 25.8 Å². The van der Waals surface area contributed by atoms with Crippen molar-refractivity contribution in [2.75, 3.05) is 18.4 Å². The fourth-order valence-corrected chi connectivity index (χ4v) is 2.09. The second-order valence-electron chi connectivity index (χ2n) is 4.05. The molecule has 2 heterocycles. The summed E-state index contributed by atoms with van der Waals surface area (Å²) in [5, 5.41) is 6.88. The largest absolute Gasteiger partial charge is 0.356 e. The molecule has 2 rings (SSSR count). The molecule has 4 nitrogen and oxygen atoms in total. The van der Waals surface area contributed by atoms with Crippen LogP contribution in [0.1, 0.15) is 26.2 Å². The molecule has 0 amide bonds. The van der Waals surface area contributed by atoms with E-state index in [4.69, 9.17) is 0 Å². The third-order valence-corrected chi connectivity index (χ3v) is 2.99. The monoisotopic (exact) mass is 208 g/mol. The average Bonchev–Trinajstić information content (AvgIpc) is 2.88. The number of imidazole rings is 1. The minimum Gasteiger partial charge on any atom is -0.356 e. The predicted octanol–water partition coefficient (Wildman–Crippen LogP) is 1.46. The molecule has 0 aliphatic carbocycles. The van der Waals surface area contributed by atoms with Crippen LogP contribution in [0.3, 0.4) is 0 Å². The van der Waals surface area contributed by atoms with Gasteiger partial charge < -0.3 is 15.2 Å². The van der Waals surface area contributed by atoms with E-state index < -0.39 is 0 Å². The van der Waals surface area contributed by atoms with E-state index in [2.05, 4.69) is 27.1 Å². The molecule has 0 saturated carbocycles. The van der Waals surface area contributed by atoms with Gasteiger partial charge in [-0.25, -0.2) is 4.98 Å². The van der Waals surface area contributed by atoms with Crippen LogP contribution in [0.25, 0.3) is 0 Å². The molecule has 1 aliphatic heterocycles. The van der Waals surface area contributed by atoms with Crippen LogP contribution in [-0.2, 0) is 6.54 Å². The molecular weight excluding hydrogens is 188 g/mol. The van der Waals surface area contributed by atoms with Gasteiger partial charge in [0, 0.05) is 31.5 Å². The molecule has 1 aromatic rings. The van der Waals surface area contributed by atoms with Gasteiger partial charge in [-0.1, -0.05) is 0 Å². The van der Waals surface area contributed by atoms with Crippen molar-refractivity contribution in [3.8, 4) is 0 Å². The molecule has 84 valence electrons. The van der Waals surface area contributed by atoms with Crippen molar-refractivity contribution < 1.29 is 0 Å². The van der Waals surface area contributed by atoms with Crippen molar-refractivity contribution in [3.63, 3.8) is 0 Å². The van der Waals surface area contributed by atoms with E-state index in [0.717, 1.165) is 19.0 Å². The van der Waals surface area contributed by atoms with Gasteiger partial charge in [0.25, 0.3) is 0 Å². The Morgan fingerprint density at radius 2 is 2.60 bits per heavy atom. The van der Waals surface area contributed by atoms with Crippen LogP contribution >= 0.6 is 0 Å². The van der Waals surface area contributed by atoms with E-state index in [0.29, 0.717) is 6.04 Å². The average molecular weight is 208 g/mol. The van der Waals surface area contributed by atoms with E-state index in [1.807, 2.05) is 12.4 Å². The highest BCUT2D eigenvalue weighted by molar-refractivity contribution is 5.25. The third-order valence-electron chi connectivity index (χ3n) is 2.99. The first-order valence-electron chi connectivity index (χ1n) is 5.88. The third kappa shape index (κ3) is 2.72. The summed E-state index contributed by atoms with van der Waals surface area (Å²) in [5.41, 5.74) is 0. The predicted molar refractivity (Wildman–Crippen MR) is 62.0 cm³/mol. The minimum absolute atomic E-state index is 0.711. The molecule has 15 heavy (non-hydrogen) atoms. The van der Waals surface area contributed by atoms with Gasteiger partial charge in [-0.3, -0.25) is 0 Å². The summed E-state index contributed by atoms with van der Waals surface area (Å²) >= 11 is 0. The zero-order valence-electron chi connectivity index (χ0n) is 9.37. The van der Waals surface area contributed by atoms with Crippen molar-refractivity contribution in [2.24, 2.45) is 0 Å². The normalized spacial score (nSPS) is 20.7. The SMILES string of the molecule is CCn1ccnc1NCC[C@H]1CCCN1. The lowest BCUT2D eigenvalue weighted by Crippen LogP contribution is -2.24. The first-order valence-corrected chi connectivity index (χ1v) is 5.88. The Balaban J connectivity index is 1.73. The van der Waals surface area contributed by atoms with Crippen molar-refractivity contribution in [3.05, 3.63) is 12.4 Å². The van der Waals surface area contributed by atoms with Crippen LogP contribution in [0.5, 0.6) is 0 Å². The van der Waals surface area contributed by atoms with Crippen LogP contribution in [0, 0.1) is 0 Å². The fourth-order valence-electron chi connectivity index (χ4n) is 2.09. The number of aryl methyl sites for hydroxylation is 1. The molecule has 1 saturated heterocycles. The molecule has 1 fully saturated rings. The summed E-state index contributed by atoms with van der Waals surface area (Å²) in [4.78, 5) is 4.28. The first-order chi connectivity index (χ1) is 7.40. The van der Waals surface area contributed by atoms with E-state index in [9.17, 15) is 0 Å². The second kappa shape index (κ2) is 5.16. The van der Waals surface area contributed by atoms with E-state index in [-0.39, 0.29) is 0 Å². The number of nitrogens with one attached hydrogen (secondary N) is 2. The molecule has 1 aliphatic rings. The zero-order chi connectivity index (χ0) is 10.5. The summed E-state index contributed by atoms with van der Waals surface area (Å²) in [6.07, 6.45) is 7.70. The Bertz CT molecular complexity index is 289.